The van der Waals surface area contributed by atoms with Gasteiger partial charge in [0, 0.05) is 19.7 Å². The van der Waals surface area contributed by atoms with E-state index in [1.807, 2.05) is 0 Å². The number of carbonyl (C=O) groups is 1. The average Bonchev–Trinajstić information content (AvgIpc) is 2.29. The van der Waals surface area contributed by atoms with E-state index in [0.29, 0.717) is 0 Å². The summed E-state index contributed by atoms with van der Waals surface area (Å²) >= 11 is 0. The Morgan fingerprint density at radius 1 is 1.37 bits per heavy atom. The fourth-order valence-corrected chi connectivity index (χ4v) is 1.28. The molecule has 1 amide bonds. The molecule has 0 aromatic heterocycles. The lowest BCUT2D eigenvalue weighted by Gasteiger charge is -2.19. The molecule has 0 radical (unpaired) electrons. The van der Waals surface area contributed by atoms with E-state index in [9.17, 15) is 18.0 Å². The van der Waals surface area contributed by atoms with Gasteiger partial charge in [0.15, 0.2) is 6.10 Å². The number of alkyl halides is 3. The van der Waals surface area contributed by atoms with Crippen molar-refractivity contribution in [2.45, 2.75) is 19.2 Å². The second-order valence-electron chi connectivity index (χ2n) is 4.25. The summed E-state index contributed by atoms with van der Waals surface area (Å²) in [5.41, 5.74) is 5.80. The predicted octanol–water partition coefficient (Wildman–Crippen LogP) is 2.30. The van der Waals surface area contributed by atoms with Crippen LogP contribution in [0.5, 0.6) is 5.75 Å². The Hall–Kier alpha value is -1.92. The molecule has 1 aromatic carbocycles. The standard InChI is InChI=1S/C12H15F3N2O2/c1-7(12(13,14)15)19-10-6-8(4-5-9(10)16)11(18)17(2)3/h4-7H,16H2,1-3H3. The fourth-order valence-electron chi connectivity index (χ4n) is 1.28. The SMILES string of the molecule is CC(Oc1cc(C(=O)N(C)C)ccc1N)C(F)(F)F. The largest absolute Gasteiger partial charge is 0.479 e. The fraction of sp³-hybridized carbons (Fsp3) is 0.417. The minimum absolute atomic E-state index is 0.0476. The molecule has 106 valence electrons. The van der Waals surface area contributed by atoms with Crippen molar-refractivity contribution in [2.75, 3.05) is 19.8 Å². The van der Waals surface area contributed by atoms with Crippen LogP contribution >= 0.6 is 0 Å². The van der Waals surface area contributed by atoms with Crippen molar-refractivity contribution in [3.8, 4) is 5.75 Å². The van der Waals surface area contributed by atoms with Crippen LogP contribution in [-0.2, 0) is 0 Å². The first-order valence-electron chi connectivity index (χ1n) is 5.47. The minimum Gasteiger partial charge on any atom is -0.479 e. The maximum absolute atomic E-state index is 12.4. The molecule has 0 aliphatic rings. The lowest BCUT2D eigenvalue weighted by Crippen LogP contribution is -2.31. The van der Waals surface area contributed by atoms with Gasteiger partial charge in [-0.2, -0.15) is 13.2 Å². The van der Waals surface area contributed by atoms with Crippen LogP contribution in [0.4, 0.5) is 18.9 Å². The summed E-state index contributed by atoms with van der Waals surface area (Å²) in [5, 5.41) is 0. The van der Waals surface area contributed by atoms with Crippen LogP contribution in [0.1, 0.15) is 17.3 Å². The minimum atomic E-state index is -4.49. The smallest absolute Gasteiger partial charge is 0.425 e. The van der Waals surface area contributed by atoms with Crippen molar-refractivity contribution >= 4 is 11.6 Å². The number of halogens is 3. The zero-order valence-electron chi connectivity index (χ0n) is 10.8. The lowest BCUT2D eigenvalue weighted by atomic mass is 10.1. The summed E-state index contributed by atoms with van der Waals surface area (Å²) < 4.78 is 42.0. The molecule has 0 aliphatic carbocycles. The average molecular weight is 276 g/mol. The number of benzene rings is 1. The maximum Gasteiger partial charge on any atom is 0.425 e. The Balaban J connectivity index is 3.02. The zero-order valence-corrected chi connectivity index (χ0v) is 10.8. The summed E-state index contributed by atoms with van der Waals surface area (Å²) in [7, 11) is 3.08. The Morgan fingerprint density at radius 3 is 2.42 bits per heavy atom. The van der Waals surface area contributed by atoms with Crippen molar-refractivity contribution in [1.29, 1.82) is 0 Å². The van der Waals surface area contributed by atoms with Crippen LogP contribution in [-0.4, -0.2) is 37.2 Å². The van der Waals surface area contributed by atoms with Crippen LogP contribution in [0.25, 0.3) is 0 Å². The lowest BCUT2D eigenvalue weighted by molar-refractivity contribution is -0.189. The molecule has 0 aliphatic heterocycles. The predicted molar refractivity (Wildman–Crippen MR) is 65.0 cm³/mol. The number of ether oxygens (including phenoxy) is 1. The number of amides is 1. The molecular weight excluding hydrogens is 261 g/mol. The van der Waals surface area contributed by atoms with E-state index in [1.165, 1.54) is 37.2 Å². The van der Waals surface area contributed by atoms with E-state index in [1.54, 1.807) is 0 Å². The van der Waals surface area contributed by atoms with Gasteiger partial charge in [-0.25, -0.2) is 0 Å². The first-order valence-corrected chi connectivity index (χ1v) is 5.47. The van der Waals surface area contributed by atoms with Gasteiger partial charge < -0.3 is 15.4 Å². The molecule has 1 atom stereocenters. The second-order valence-corrected chi connectivity index (χ2v) is 4.25. The Kier molecular flexibility index (Phi) is 4.28. The van der Waals surface area contributed by atoms with Gasteiger partial charge in [0.1, 0.15) is 5.75 Å². The maximum atomic E-state index is 12.4. The monoisotopic (exact) mass is 276 g/mol. The summed E-state index contributed by atoms with van der Waals surface area (Å²) in [6, 6.07) is 3.98. The van der Waals surface area contributed by atoms with Gasteiger partial charge >= 0.3 is 6.18 Å². The number of hydrogen-bond donors (Lipinski definition) is 1. The molecule has 7 heteroatoms. The van der Waals surface area contributed by atoms with Crippen LogP contribution < -0.4 is 10.5 Å². The molecule has 0 saturated carbocycles. The highest BCUT2D eigenvalue weighted by molar-refractivity contribution is 5.94. The number of nitrogen functional groups attached to an aromatic ring is 1. The third-order valence-electron chi connectivity index (χ3n) is 2.43. The van der Waals surface area contributed by atoms with Crippen LogP contribution in [0, 0.1) is 0 Å². The Morgan fingerprint density at radius 2 is 1.95 bits per heavy atom. The van der Waals surface area contributed by atoms with Crippen LogP contribution in [0.3, 0.4) is 0 Å². The molecular formula is C12H15F3N2O2. The van der Waals surface area contributed by atoms with Gasteiger partial charge in [0.05, 0.1) is 5.69 Å². The highest BCUT2D eigenvalue weighted by Gasteiger charge is 2.38. The van der Waals surface area contributed by atoms with Gasteiger partial charge in [0.25, 0.3) is 5.91 Å². The summed E-state index contributed by atoms with van der Waals surface area (Å²) in [6.45, 7) is 0.875. The van der Waals surface area contributed by atoms with Crippen LogP contribution in [0.15, 0.2) is 18.2 Å². The third-order valence-corrected chi connectivity index (χ3v) is 2.43. The van der Waals surface area contributed by atoms with E-state index >= 15 is 0 Å². The first-order chi connectivity index (χ1) is 8.62. The number of carbonyl (C=O) groups excluding carboxylic acids is 1. The molecule has 2 N–H and O–H groups in total. The highest BCUT2D eigenvalue weighted by atomic mass is 19.4. The summed E-state index contributed by atoms with van der Waals surface area (Å²) in [6.07, 6.45) is -6.49. The molecule has 1 aromatic rings. The van der Waals surface area contributed by atoms with Crippen molar-refractivity contribution in [2.24, 2.45) is 0 Å². The third kappa shape index (κ3) is 3.77. The van der Waals surface area contributed by atoms with Gasteiger partial charge in [-0.05, 0) is 25.1 Å². The Bertz CT molecular complexity index is 473. The number of rotatable bonds is 3. The molecule has 0 bridgehead atoms. The van der Waals surface area contributed by atoms with Crippen molar-refractivity contribution in [3.63, 3.8) is 0 Å². The van der Waals surface area contributed by atoms with Crippen molar-refractivity contribution in [1.82, 2.24) is 4.90 Å². The molecule has 1 unspecified atom stereocenters. The number of nitrogens with two attached hydrogens (primary N) is 1. The summed E-state index contributed by atoms with van der Waals surface area (Å²) in [5.74, 6) is -0.498. The van der Waals surface area contributed by atoms with Crippen molar-refractivity contribution in [3.05, 3.63) is 23.8 Å². The topological polar surface area (TPSA) is 55.6 Å². The molecule has 0 fully saturated rings. The van der Waals surface area contributed by atoms with Gasteiger partial charge in [-0.3, -0.25) is 4.79 Å². The second kappa shape index (κ2) is 5.38. The van der Waals surface area contributed by atoms with E-state index in [4.69, 9.17) is 10.5 Å². The Labute approximate surface area is 108 Å². The molecule has 1 rings (SSSR count). The van der Waals surface area contributed by atoms with Crippen molar-refractivity contribution < 1.29 is 22.7 Å². The molecule has 0 spiro atoms. The molecule has 19 heavy (non-hydrogen) atoms. The molecule has 0 saturated heterocycles. The van der Waals surface area contributed by atoms with Gasteiger partial charge in [-0.1, -0.05) is 0 Å². The zero-order chi connectivity index (χ0) is 14.8. The number of hydrogen-bond acceptors (Lipinski definition) is 3. The normalized spacial score (nSPS) is 12.9. The van der Waals surface area contributed by atoms with Gasteiger partial charge in [-0.15, -0.1) is 0 Å². The van der Waals surface area contributed by atoms with E-state index in [2.05, 4.69) is 0 Å². The first kappa shape index (κ1) is 15.1. The van der Waals surface area contributed by atoms with Crippen LogP contribution in [0.2, 0.25) is 0 Å². The van der Waals surface area contributed by atoms with E-state index in [0.717, 1.165) is 6.92 Å². The van der Waals surface area contributed by atoms with E-state index in [-0.39, 0.29) is 22.9 Å². The molecule has 0 heterocycles. The quantitative estimate of drug-likeness (QED) is 0.862. The number of nitrogens with zero attached hydrogens (tertiary/aromatic N) is 1. The highest BCUT2D eigenvalue weighted by Crippen LogP contribution is 2.29. The molecule has 4 nitrogen and oxygen atoms in total. The van der Waals surface area contributed by atoms with E-state index < -0.39 is 12.3 Å². The summed E-state index contributed by atoms with van der Waals surface area (Å²) in [4.78, 5) is 13.0. The number of anilines is 1. The van der Waals surface area contributed by atoms with Gasteiger partial charge in [0.2, 0.25) is 0 Å².